The van der Waals surface area contributed by atoms with Crippen LogP contribution in [0.5, 0.6) is 0 Å². The van der Waals surface area contributed by atoms with Crippen LogP contribution in [-0.4, -0.2) is 40.1 Å². The van der Waals surface area contributed by atoms with Crippen molar-refractivity contribution < 1.29 is 14.6 Å². The Bertz CT molecular complexity index is 1310. The van der Waals surface area contributed by atoms with E-state index < -0.39 is 12.0 Å². The number of nitrogens with zero attached hydrogens (tertiary/aromatic N) is 1. The van der Waals surface area contributed by atoms with E-state index in [1.165, 1.54) is 0 Å². The van der Waals surface area contributed by atoms with E-state index in [-0.39, 0.29) is 18.0 Å². The minimum atomic E-state index is -0.996. The van der Waals surface area contributed by atoms with Gasteiger partial charge in [0.2, 0.25) is 6.41 Å². The number of anilines is 1. The number of carbonyl (C=O) groups excluding carboxylic acids is 1. The molecule has 0 aliphatic heterocycles. The fourth-order valence-corrected chi connectivity index (χ4v) is 4.59. The summed E-state index contributed by atoms with van der Waals surface area (Å²) in [6, 6.07) is 13.0. The highest BCUT2D eigenvalue weighted by Crippen LogP contribution is 2.25. The number of hydrogen-bond donors (Lipinski definition) is 4. The Morgan fingerprint density at radius 1 is 1.11 bits per heavy atom. The first-order chi connectivity index (χ1) is 17.6. The van der Waals surface area contributed by atoms with Gasteiger partial charge in [0, 0.05) is 45.2 Å². The summed E-state index contributed by atoms with van der Waals surface area (Å²) in [4.78, 5) is 17.0. The minimum absolute atomic E-state index is 0.0966. The van der Waals surface area contributed by atoms with Gasteiger partial charge in [-0.05, 0) is 82.9 Å². The van der Waals surface area contributed by atoms with Crippen LogP contribution < -0.4 is 16.4 Å². The standard InChI is InChI=1S/C29H33ClN4O3/c1-29(2,3)37-28(36)34-23-13-11-22(12-14-23)33-27(35)19-7-4-18(5-8-19)6-15-24-25-16-21(30)10-9-20(25)17-32-26(24)31/h4-5,7-10,16-17,22-23,28,34,36H,11-14H2,1-3H3,(H2,31,32)(H,33,35). The van der Waals surface area contributed by atoms with Crippen molar-refractivity contribution in [1.29, 1.82) is 0 Å². The van der Waals surface area contributed by atoms with Gasteiger partial charge < -0.3 is 20.9 Å². The molecule has 1 saturated carbocycles. The topological polar surface area (TPSA) is 110 Å². The fourth-order valence-electron chi connectivity index (χ4n) is 4.41. The van der Waals surface area contributed by atoms with Crippen LogP contribution in [0.25, 0.3) is 10.8 Å². The van der Waals surface area contributed by atoms with Gasteiger partial charge in [0.25, 0.3) is 5.91 Å². The van der Waals surface area contributed by atoms with Gasteiger partial charge >= 0.3 is 0 Å². The number of amides is 1. The fraction of sp³-hybridized carbons (Fsp3) is 0.379. The number of nitrogens with two attached hydrogens (primary N) is 1. The third-order valence-electron chi connectivity index (χ3n) is 6.27. The molecule has 5 N–H and O–H groups in total. The van der Waals surface area contributed by atoms with Gasteiger partial charge in [-0.25, -0.2) is 4.98 Å². The van der Waals surface area contributed by atoms with Crippen molar-refractivity contribution in [3.8, 4) is 11.8 Å². The molecule has 194 valence electrons. The molecular weight excluding hydrogens is 488 g/mol. The molecule has 1 aliphatic carbocycles. The molecule has 1 fully saturated rings. The van der Waals surface area contributed by atoms with E-state index in [9.17, 15) is 9.90 Å². The summed E-state index contributed by atoms with van der Waals surface area (Å²) < 4.78 is 5.52. The Kier molecular flexibility index (Phi) is 8.35. The van der Waals surface area contributed by atoms with Crippen LogP contribution in [0, 0.1) is 11.8 Å². The Hall–Kier alpha value is -3.15. The molecule has 0 spiro atoms. The van der Waals surface area contributed by atoms with Gasteiger partial charge in [0.1, 0.15) is 5.82 Å². The number of pyridine rings is 1. The number of benzene rings is 2. The van der Waals surface area contributed by atoms with Crippen LogP contribution in [-0.2, 0) is 4.74 Å². The molecule has 1 amide bonds. The summed E-state index contributed by atoms with van der Waals surface area (Å²) in [6.45, 7) is 5.70. The van der Waals surface area contributed by atoms with Crippen molar-refractivity contribution in [3.63, 3.8) is 0 Å². The number of nitrogens with one attached hydrogen (secondary N) is 2. The van der Waals surface area contributed by atoms with E-state index in [4.69, 9.17) is 22.1 Å². The van der Waals surface area contributed by atoms with Crippen molar-refractivity contribution in [2.75, 3.05) is 5.73 Å². The zero-order valence-corrected chi connectivity index (χ0v) is 22.1. The second-order valence-corrected chi connectivity index (χ2v) is 10.8. The molecule has 0 bridgehead atoms. The quantitative estimate of drug-likeness (QED) is 0.289. The maximum absolute atomic E-state index is 12.8. The molecule has 0 saturated heterocycles. The highest BCUT2D eigenvalue weighted by atomic mass is 35.5. The molecule has 1 unspecified atom stereocenters. The van der Waals surface area contributed by atoms with Crippen molar-refractivity contribution in [3.05, 3.63) is 70.4 Å². The molecule has 4 rings (SSSR count). The summed E-state index contributed by atoms with van der Waals surface area (Å²) in [7, 11) is 0. The first kappa shape index (κ1) is 26.9. The normalized spacial score (nSPS) is 18.6. The molecule has 37 heavy (non-hydrogen) atoms. The van der Waals surface area contributed by atoms with E-state index in [1.54, 1.807) is 24.4 Å². The molecule has 1 aliphatic rings. The maximum atomic E-state index is 12.8. The number of halogens is 1. The maximum Gasteiger partial charge on any atom is 0.251 e. The van der Waals surface area contributed by atoms with Gasteiger partial charge in [-0.3, -0.25) is 10.1 Å². The van der Waals surface area contributed by atoms with Crippen molar-refractivity contribution in [2.24, 2.45) is 0 Å². The number of ether oxygens (including phenoxy) is 1. The van der Waals surface area contributed by atoms with E-state index in [0.717, 1.165) is 42.0 Å². The number of rotatable bonds is 5. The summed E-state index contributed by atoms with van der Waals surface area (Å²) in [5, 5.41) is 18.7. The van der Waals surface area contributed by atoms with Gasteiger partial charge in [-0.1, -0.05) is 29.5 Å². The van der Waals surface area contributed by atoms with E-state index in [0.29, 0.717) is 22.0 Å². The van der Waals surface area contributed by atoms with E-state index >= 15 is 0 Å². The zero-order valence-electron chi connectivity index (χ0n) is 21.3. The molecule has 2 aromatic carbocycles. The number of aliphatic hydroxyl groups is 1. The van der Waals surface area contributed by atoms with Crippen LogP contribution in [0.2, 0.25) is 5.02 Å². The average molecular weight is 521 g/mol. The van der Waals surface area contributed by atoms with Gasteiger partial charge in [0.15, 0.2) is 0 Å². The van der Waals surface area contributed by atoms with Crippen molar-refractivity contribution in [1.82, 2.24) is 15.6 Å². The third-order valence-corrected chi connectivity index (χ3v) is 6.50. The van der Waals surface area contributed by atoms with Gasteiger partial charge in [0.05, 0.1) is 11.2 Å². The van der Waals surface area contributed by atoms with Crippen LogP contribution >= 0.6 is 11.6 Å². The van der Waals surface area contributed by atoms with Crippen LogP contribution in [0.4, 0.5) is 5.82 Å². The van der Waals surface area contributed by atoms with Crippen molar-refractivity contribution in [2.45, 2.75) is 70.6 Å². The predicted molar refractivity (Wildman–Crippen MR) is 147 cm³/mol. The van der Waals surface area contributed by atoms with Crippen molar-refractivity contribution >= 4 is 34.1 Å². The Morgan fingerprint density at radius 3 is 2.46 bits per heavy atom. The Balaban J connectivity index is 1.33. The summed E-state index contributed by atoms with van der Waals surface area (Å²) in [5.41, 5.74) is 7.63. The predicted octanol–water partition coefficient (Wildman–Crippen LogP) is 4.59. The zero-order chi connectivity index (χ0) is 26.6. The molecule has 1 aromatic heterocycles. The number of hydrogen-bond acceptors (Lipinski definition) is 6. The largest absolute Gasteiger partial charge is 0.383 e. The summed E-state index contributed by atoms with van der Waals surface area (Å²) in [5.74, 6) is 6.47. The third kappa shape index (κ3) is 7.43. The first-order valence-electron chi connectivity index (χ1n) is 12.5. The molecule has 1 heterocycles. The molecule has 8 heteroatoms. The lowest BCUT2D eigenvalue weighted by molar-refractivity contribution is -0.186. The lowest BCUT2D eigenvalue weighted by atomic mass is 9.91. The van der Waals surface area contributed by atoms with E-state index in [1.807, 2.05) is 45.0 Å². The number of aliphatic hydroxyl groups excluding tert-OH is 1. The SMILES string of the molecule is CC(C)(C)OC(O)NC1CCC(NC(=O)c2ccc(C#Cc3c(N)ncc4ccc(Cl)cc34)cc2)CC1. The van der Waals surface area contributed by atoms with Gasteiger partial charge in [-0.2, -0.15) is 0 Å². The average Bonchev–Trinajstić information content (AvgIpc) is 2.84. The van der Waals surface area contributed by atoms with Crippen LogP contribution in [0.15, 0.2) is 48.7 Å². The number of carbonyl (C=O) groups is 1. The molecular formula is C29H33ClN4O3. The molecule has 7 nitrogen and oxygen atoms in total. The number of fused-ring (bicyclic) bond motifs is 1. The Morgan fingerprint density at radius 2 is 1.78 bits per heavy atom. The van der Waals surface area contributed by atoms with Gasteiger partial charge in [-0.15, -0.1) is 0 Å². The van der Waals surface area contributed by atoms with Crippen LogP contribution in [0.3, 0.4) is 0 Å². The monoisotopic (exact) mass is 520 g/mol. The number of nitrogen functional groups attached to an aromatic ring is 1. The van der Waals surface area contributed by atoms with Crippen LogP contribution in [0.1, 0.15) is 67.9 Å². The highest BCUT2D eigenvalue weighted by molar-refractivity contribution is 6.31. The van der Waals surface area contributed by atoms with E-state index in [2.05, 4.69) is 27.5 Å². The molecule has 0 radical (unpaired) electrons. The summed E-state index contributed by atoms with van der Waals surface area (Å²) in [6.07, 6.45) is 4.07. The second-order valence-electron chi connectivity index (χ2n) is 10.3. The number of aromatic nitrogens is 1. The minimum Gasteiger partial charge on any atom is -0.383 e. The first-order valence-corrected chi connectivity index (χ1v) is 12.8. The molecule has 1 atom stereocenters. The lowest BCUT2D eigenvalue weighted by Crippen LogP contribution is -2.47. The smallest absolute Gasteiger partial charge is 0.251 e. The summed E-state index contributed by atoms with van der Waals surface area (Å²) >= 11 is 6.16. The second kappa shape index (κ2) is 11.5. The lowest BCUT2D eigenvalue weighted by Gasteiger charge is -2.33. The molecule has 3 aromatic rings. The highest BCUT2D eigenvalue weighted by Gasteiger charge is 2.25. The Labute approximate surface area is 222 Å².